The lowest BCUT2D eigenvalue weighted by Gasteiger charge is -2.20. The summed E-state index contributed by atoms with van der Waals surface area (Å²) in [7, 11) is 1.09. The van der Waals surface area contributed by atoms with Crippen LogP contribution < -0.4 is 5.32 Å². The van der Waals surface area contributed by atoms with E-state index in [2.05, 4.69) is 0 Å². The van der Waals surface area contributed by atoms with Crippen LogP contribution >= 0.6 is 0 Å². The highest BCUT2D eigenvalue weighted by Crippen LogP contribution is 2.19. The second kappa shape index (κ2) is 6.28. The van der Waals surface area contributed by atoms with Crippen LogP contribution in [0.3, 0.4) is 0 Å². The molecule has 0 aliphatic rings. The van der Waals surface area contributed by atoms with Crippen molar-refractivity contribution >= 4 is 12.0 Å². The van der Waals surface area contributed by atoms with Gasteiger partial charge in [0.2, 0.25) is 0 Å². The fourth-order valence-electron chi connectivity index (χ4n) is 0.841. The van der Waals surface area contributed by atoms with Gasteiger partial charge in [-0.1, -0.05) is 0 Å². The van der Waals surface area contributed by atoms with Crippen LogP contribution in [0.5, 0.6) is 0 Å². The Balaban J connectivity index is 4.18. The Hall–Kier alpha value is -1.51. The number of carboxylic acids is 1. The van der Waals surface area contributed by atoms with Crippen LogP contribution in [-0.2, 0) is 4.79 Å². The Kier molecular flexibility index (Phi) is 5.72. The van der Waals surface area contributed by atoms with Crippen molar-refractivity contribution in [3.8, 4) is 0 Å². The number of halogens is 3. The number of aliphatic carboxylic acids is 1. The van der Waals surface area contributed by atoms with Gasteiger partial charge in [0.15, 0.2) is 6.04 Å². The summed E-state index contributed by atoms with van der Waals surface area (Å²) < 4.78 is 35.5. The van der Waals surface area contributed by atoms with E-state index in [-0.39, 0.29) is 0 Å². The number of carbonyl (C=O) groups is 2. The van der Waals surface area contributed by atoms with E-state index in [1.165, 1.54) is 0 Å². The van der Waals surface area contributed by atoms with Gasteiger partial charge in [-0.05, 0) is 0 Å². The molecule has 0 bridgehead atoms. The average molecular weight is 258 g/mol. The van der Waals surface area contributed by atoms with Crippen molar-refractivity contribution in [3.63, 3.8) is 0 Å². The van der Waals surface area contributed by atoms with Crippen LogP contribution in [0, 0.1) is 0 Å². The summed E-state index contributed by atoms with van der Waals surface area (Å²) >= 11 is 0. The molecule has 0 unspecified atom stereocenters. The predicted molar refractivity (Wildman–Crippen MR) is 50.3 cm³/mol. The SMILES string of the molecule is CN(CCC(F)(F)F)C(=O)N[C@H](CO)C(=O)O. The van der Waals surface area contributed by atoms with Gasteiger partial charge >= 0.3 is 18.2 Å². The number of hydrogen-bond acceptors (Lipinski definition) is 3. The lowest BCUT2D eigenvalue weighted by atomic mass is 10.3. The van der Waals surface area contributed by atoms with E-state index in [0.29, 0.717) is 4.90 Å². The Morgan fingerprint density at radius 2 is 1.94 bits per heavy atom. The molecule has 0 fully saturated rings. The van der Waals surface area contributed by atoms with Crippen molar-refractivity contribution in [2.24, 2.45) is 0 Å². The van der Waals surface area contributed by atoms with E-state index in [1.54, 1.807) is 0 Å². The molecule has 9 heteroatoms. The molecule has 3 N–H and O–H groups in total. The molecule has 1 atom stereocenters. The first-order chi connectivity index (χ1) is 7.67. The molecule has 0 saturated carbocycles. The Labute approximate surface area is 95.0 Å². The van der Waals surface area contributed by atoms with Crippen LogP contribution in [0.2, 0.25) is 0 Å². The van der Waals surface area contributed by atoms with Gasteiger partial charge in [-0.3, -0.25) is 0 Å². The van der Waals surface area contributed by atoms with E-state index >= 15 is 0 Å². The van der Waals surface area contributed by atoms with Crippen molar-refractivity contribution in [2.75, 3.05) is 20.2 Å². The van der Waals surface area contributed by atoms with Gasteiger partial charge in [-0.15, -0.1) is 0 Å². The molecule has 0 radical (unpaired) electrons. The number of nitrogens with one attached hydrogen (secondary N) is 1. The number of carboxylic acid groups (broad SMARTS) is 1. The number of alkyl halides is 3. The number of nitrogens with zero attached hydrogens (tertiary/aromatic N) is 1. The molecule has 0 aliphatic heterocycles. The van der Waals surface area contributed by atoms with Gasteiger partial charge in [-0.25, -0.2) is 9.59 Å². The minimum atomic E-state index is -4.39. The highest BCUT2D eigenvalue weighted by atomic mass is 19.4. The number of amides is 2. The Morgan fingerprint density at radius 3 is 2.29 bits per heavy atom. The standard InChI is InChI=1S/C8H13F3N2O4/c1-13(3-2-8(9,10)11)7(17)12-5(4-14)6(15)16/h5,14H,2-4H2,1H3,(H,12,17)(H,15,16)/t5-/m1/s1. The van der Waals surface area contributed by atoms with Gasteiger partial charge in [0, 0.05) is 13.6 Å². The number of aliphatic hydroxyl groups is 1. The number of rotatable bonds is 5. The third-order valence-electron chi connectivity index (χ3n) is 1.86. The van der Waals surface area contributed by atoms with E-state index in [0.717, 1.165) is 7.05 Å². The molecular weight excluding hydrogens is 245 g/mol. The molecule has 0 saturated heterocycles. The Bertz CT molecular complexity index is 282. The fourth-order valence-corrected chi connectivity index (χ4v) is 0.841. The van der Waals surface area contributed by atoms with Crippen LogP contribution in [0.25, 0.3) is 0 Å². The average Bonchev–Trinajstić information content (AvgIpc) is 2.20. The zero-order valence-corrected chi connectivity index (χ0v) is 8.99. The molecule has 17 heavy (non-hydrogen) atoms. The number of aliphatic hydroxyl groups excluding tert-OH is 1. The molecule has 0 aromatic carbocycles. The Morgan fingerprint density at radius 1 is 1.41 bits per heavy atom. The smallest absolute Gasteiger partial charge is 0.390 e. The second-order valence-electron chi connectivity index (χ2n) is 3.31. The highest BCUT2D eigenvalue weighted by Gasteiger charge is 2.28. The number of carbonyl (C=O) groups excluding carboxylic acids is 1. The van der Waals surface area contributed by atoms with Crippen molar-refractivity contribution in [2.45, 2.75) is 18.6 Å². The van der Waals surface area contributed by atoms with E-state index < -0.39 is 43.8 Å². The van der Waals surface area contributed by atoms with E-state index in [9.17, 15) is 22.8 Å². The first-order valence-electron chi connectivity index (χ1n) is 4.59. The van der Waals surface area contributed by atoms with Gasteiger partial charge < -0.3 is 20.4 Å². The van der Waals surface area contributed by atoms with Crippen molar-refractivity contribution in [3.05, 3.63) is 0 Å². The maximum Gasteiger partial charge on any atom is 0.390 e. The molecule has 0 heterocycles. The lowest BCUT2D eigenvalue weighted by Crippen LogP contribution is -2.48. The van der Waals surface area contributed by atoms with Crippen LogP contribution in [-0.4, -0.2) is 59.5 Å². The molecule has 0 rings (SSSR count). The first-order valence-corrected chi connectivity index (χ1v) is 4.59. The molecule has 100 valence electrons. The maximum absolute atomic E-state index is 11.8. The number of urea groups is 1. The lowest BCUT2D eigenvalue weighted by molar-refractivity contribution is -0.141. The maximum atomic E-state index is 11.8. The monoisotopic (exact) mass is 258 g/mol. The molecule has 6 nitrogen and oxygen atoms in total. The van der Waals surface area contributed by atoms with E-state index in [1.807, 2.05) is 5.32 Å². The highest BCUT2D eigenvalue weighted by molar-refractivity contribution is 5.82. The van der Waals surface area contributed by atoms with Gasteiger partial charge in [-0.2, -0.15) is 13.2 Å². The third kappa shape index (κ3) is 6.61. The van der Waals surface area contributed by atoms with Crippen LogP contribution in [0.15, 0.2) is 0 Å². The molecule has 0 spiro atoms. The largest absolute Gasteiger partial charge is 0.480 e. The van der Waals surface area contributed by atoms with Crippen molar-refractivity contribution < 1.29 is 33.0 Å². The molecule has 0 aromatic rings. The summed E-state index contributed by atoms with van der Waals surface area (Å²) in [6.45, 7) is -1.43. The quantitative estimate of drug-likeness (QED) is 0.648. The zero-order valence-electron chi connectivity index (χ0n) is 8.99. The second-order valence-corrected chi connectivity index (χ2v) is 3.31. The van der Waals surface area contributed by atoms with E-state index in [4.69, 9.17) is 10.2 Å². The molecule has 0 aromatic heterocycles. The minimum absolute atomic E-state index is 0.590. The summed E-state index contributed by atoms with van der Waals surface area (Å²) in [6, 6.07) is -2.52. The molecule has 0 aliphatic carbocycles. The molecular formula is C8H13F3N2O4. The van der Waals surface area contributed by atoms with Gasteiger partial charge in [0.1, 0.15) is 0 Å². The normalized spacial score (nSPS) is 13.0. The summed E-state index contributed by atoms with van der Waals surface area (Å²) in [5.41, 5.74) is 0. The van der Waals surface area contributed by atoms with Crippen molar-refractivity contribution in [1.82, 2.24) is 10.2 Å². The summed E-state index contributed by atoms with van der Waals surface area (Å²) in [5, 5.41) is 19.0. The van der Waals surface area contributed by atoms with Gasteiger partial charge in [0.05, 0.1) is 13.0 Å². The predicted octanol–water partition coefficient (Wildman–Crippen LogP) is 0.0257. The summed E-state index contributed by atoms with van der Waals surface area (Å²) in [6.07, 6.45) is -5.58. The summed E-state index contributed by atoms with van der Waals surface area (Å²) in [4.78, 5) is 22.3. The van der Waals surface area contributed by atoms with Crippen LogP contribution in [0.4, 0.5) is 18.0 Å². The van der Waals surface area contributed by atoms with Gasteiger partial charge in [0.25, 0.3) is 0 Å². The van der Waals surface area contributed by atoms with Crippen LogP contribution in [0.1, 0.15) is 6.42 Å². The fraction of sp³-hybridized carbons (Fsp3) is 0.750. The minimum Gasteiger partial charge on any atom is -0.480 e. The number of hydrogen-bond donors (Lipinski definition) is 3. The topological polar surface area (TPSA) is 89.9 Å². The van der Waals surface area contributed by atoms with Crippen molar-refractivity contribution in [1.29, 1.82) is 0 Å². The summed E-state index contributed by atoms with van der Waals surface area (Å²) in [5.74, 6) is -1.47. The first kappa shape index (κ1) is 15.5. The zero-order chi connectivity index (χ0) is 13.6. The third-order valence-corrected chi connectivity index (χ3v) is 1.86. The molecule has 2 amide bonds.